The van der Waals surface area contributed by atoms with Crippen LogP contribution in [-0.4, -0.2) is 13.7 Å². The Morgan fingerprint density at radius 2 is 0.504 bits per heavy atom. The van der Waals surface area contributed by atoms with Gasteiger partial charge in [0.2, 0.25) is 0 Å². The Balaban J connectivity index is 0.0000000980. The summed E-state index contributed by atoms with van der Waals surface area (Å²) in [6, 6.07) is 137. The van der Waals surface area contributed by atoms with E-state index in [0.29, 0.717) is 0 Å². The Hall–Kier alpha value is -14.6. The van der Waals surface area contributed by atoms with Gasteiger partial charge in [-0.1, -0.05) is 224 Å². The topological polar surface area (TPSA) is 54.2 Å². The Morgan fingerprint density at radius 3 is 0.966 bits per heavy atom. The highest BCUT2D eigenvalue weighted by Crippen LogP contribution is 2.49. The van der Waals surface area contributed by atoms with Crippen LogP contribution in [0.25, 0.3) is 242 Å². The second-order valence-electron chi connectivity index (χ2n) is 30.5. The molecule has 0 unspecified atom stereocenters. The molecule has 27 aromatic rings. The van der Waals surface area contributed by atoms with E-state index in [9.17, 15) is 0 Å². The molecule has 0 aliphatic carbocycles. The minimum atomic E-state index is 0.911. The molecule has 0 fully saturated rings. The molecule has 0 saturated carbocycles. The Morgan fingerprint density at radius 1 is 0.179 bits per heavy atom. The van der Waals surface area contributed by atoms with Gasteiger partial charge in [-0.05, 0) is 218 Å². The van der Waals surface area contributed by atoms with E-state index in [1.54, 1.807) is 0 Å². The molecule has 0 amide bonds. The number of hydrogen-bond donors (Lipinski definition) is 0. The fourth-order valence-corrected chi connectivity index (χ4v) is 22.0. The van der Waals surface area contributed by atoms with Crippen molar-refractivity contribution in [2.24, 2.45) is 0 Å². The average Bonchev–Trinajstić information content (AvgIpc) is 1.58. The fourth-order valence-electron chi connectivity index (χ4n) is 18.5. The number of para-hydroxylation sites is 7. The summed E-state index contributed by atoms with van der Waals surface area (Å²) < 4.78 is 34.7. The van der Waals surface area contributed by atoms with Crippen molar-refractivity contribution < 1.29 is 13.3 Å². The molecule has 9 aromatic heterocycles. The van der Waals surface area contributed by atoms with Crippen LogP contribution in [0.2, 0.25) is 0 Å². The summed E-state index contributed by atoms with van der Waals surface area (Å²) in [5.74, 6) is 0. The molecule has 0 aliphatic heterocycles. The predicted octanol–water partition coefficient (Wildman–Crippen LogP) is 32.2. The molecule has 9 heterocycles. The lowest BCUT2D eigenvalue weighted by molar-refractivity contribution is 0.672. The van der Waals surface area contributed by atoms with Gasteiger partial charge < -0.3 is 27.0 Å². The Labute approximate surface area is 680 Å². The zero-order valence-electron chi connectivity index (χ0n) is 62.7. The third-order valence-electron chi connectivity index (χ3n) is 23.9. The number of aromatic nitrogens is 3. The van der Waals surface area contributed by atoms with Crippen molar-refractivity contribution in [2.75, 3.05) is 0 Å². The summed E-state index contributed by atoms with van der Waals surface area (Å²) in [4.78, 5) is 0. The van der Waals surface area contributed by atoms with E-state index in [1.807, 2.05) is 34.0 Å². The lowest BCUT2D eigenvalue weighted by atomic mass is 10.0. The summed E-state index contributed by atoms with van der Waals surface area (Å²) in [7, 11) is 0. The highest BCUT2D eigenvalue weighted by atomic mass is 32.1. The third kappa shape index (κ3) is 10.4. The highest BCUT2D eigenvalue weighted by Gasteiger charge is 2.25. The first kappa shape index (κ1) is 65.9. The molecule has 9 heteroatoms. The standard InChI is InChI=1S/3C36H21NOS/c1-2-11-25(12-3-1)37-31-16-7-6-13-28(31)36-34(37)29-15-8-14-26(35(29)38-36)24-17-18-27-30-19-22-9-4-5-10-23(22)20-33(30)39-32(27)21-24;1-2-10-26(11-3-1)37-31-13-7-6-12-28(31)36-35(37)30-19-24(15-17-32(30)38-36)25-14-16-27-29-18-22-8-4-5-9-23(22)20-34(29)39-33(27)21-25;1-2-10-26(11-3-1)37-31-13-7-6-12-28(31)36-35(37)29-17-15-24(19-32(29)38-36)25-14-16-27-30-18-22-8-4-5-9-23(22)20-34(30)39-33(27)21-25/h3*1-21H. The van der Waals surface area contributed by atoms with Gasteiger partial charge >= 0.3 is 0 Å². The Kier molecular flexibility index (Phi) is 14.6. The highest BCUT2D eigenvalue weighted by molar-refractivity contribution is 7.26. The van der Waals surface area contributed by atoms with E-state index in [4.69, 9.17) is 13.3 Å². The van der Waals surface area contributed by atoms with Crippen LogP contribution in [0.4, 0.5) is 0 Å². The first-order valence-electron chi connectivity index (χ1n) is 39.6. The Bertz CT molecular complexity index is 8710. The van der Waals surface area contributed by atoms with Crippen molar-refractivity contribution in [1.82, 2.24) is 13.7 Å². The van der Waals surface area contributed by atoms with Crippen LogP contribution in [-0.2, 0) is 0 Å². The molecule has 6 nitrogen and oxygen atoms in total. The number of benzene rings is 18. The first-order chi connectivity index (χ1) is 58.0. The lowest BCUT2D eigenvalue weighted by Crippen LogP contribution is -1.92. The van der Waals surface area contributed by atoms with E-state index < -0.39 is 0 Å². The monoisotopic (exact) mass is 1550 g/mol. The van der Waals surface area contributed by atoms with Gasteiger partial charge in [-0.25, -0.2) is 0 Å². The summed E-state index contributed by atoms with van der Waals surface area (Å²) in [6.07, 6.45) is 0. The van der Waals surface area contributed by atoms with E-state index in [1.165, 1.54) is 121 Å². The molecule has 0 aliphatic rings. The molecule has 117 heavy (non-hydrogen) atoms. The number of thiophene rings is 3. The van der Waals surface area contributed by atoms with Crippen LogP contribution in [0.1, 0.15) is 0 Å². The molecular weight excluding hydrogens is 1480 g/mol. The molecule has 0 saturated heterocycles. The van der Waals surface area contributed by atoms with Gasteiger partial charge in [0.05, 0.1) is 16.6 Å². The van der Waals surface area contributed by atoms with Gasteiger partial charge in [0.1, 0.15) is 33.3 Å². The van der Waals surface area contributed by atoms with Crippen molar-refractivity contribution in [3.8, 4) is 50.4 Å². The third-order valence-corrected chi connectivity index (χ3v) is 27.2. The maximum absolute atomic E-state index is 6.76. The molecule has 546 valence electrons. The van der Waals surface area contributed by atoms with Crippen molar-refractivity contribution in [1.29, 1.82) is 0 Å². The lowest BCUT2D eigenvalue weighted by Gasteiger charge is -2.08. The van der Waals surface area contributed by atoms with E-state index >= 15 is 0 Å². The van der Waals surface area contributed by atoms with Crippen LogP contribution in [0.5, 0.6) is 0 Å². The molecule has 0 atom stereocenters. The maximum Gasteiger partial charge on any atom is 0.161 e. The molecule has 18 aromatic carbocycles. The summed E-state index contributed by atoms with van der Waals surface area (Å²) in [5.41, 5.74) is 22.9. The van der Waals surface area contributed by atoms with Gasteiger partial charge in [-0.3, -0.25) is 0 Å². The van der Waals surface area contributed by atoms with Gasteiger partial charge in [-0.2, -0.15) is 0 Å². The average molecular weight is 1550 g/mol. The van der Waals surface area contributed by atoms with Gasteiger partial charge in [0, 0.05) is 115 Å². The quantitative estimate of drug-likeness (QED) is 0.167. The number of nitrogens with zero attached hydrogens (tertiary/aromatic N) is 3. The summed E-state index contributed by atoms with van der Waals surface area (Å²) >= 11 is 5.61. The molecule has 0 bridgehead atoms. The number of fused-ring (bicyclic) bond motifs is 27. The van der Waals surface area contributed by atoms with E-state index in [2.05, 4.69) is 396 Å². The van der Waals surface area contributed by atoms with Crippen LogP contribution in [0.3, 0.4) is 0 Å². The zero-order valence-corrected chi connectivity index (χ0v) is 65.1. The molecular formula is C108H63N3O3S3. The minimum absolute atomic E-state index is 0.911. The van der Waals surface area contributed by atoms with Crippen LogP contribution in [0, 0.1) is 0 Å². The smallest absolute Gasteiger partial charge is 0.161 e. The van der Waals surface area contributed by atoms with Crippen LogP contribution < -0.4 is 0 Å². The van der Waals surface area contributed by atoms with Crippen molar-refractivity contribution in [3.63, 3.8) is 0 Å². The molecule has 0 N–H and O–H groups in total. The van der Waals surface area contributed by atoms with Gasteiger partial charge in [0.25, 0.3) is 0 Å². The van der Waals surface area contributed by atoms with Crippen LogP contribution >= 0.6 is 34.0 Å². The second-order valence-corrected chi connectivity index (χ2v) is 33.8. The molecule has 0 radical (unpaired) electrons. The van der Waals surface area contributed by atoms with Crippen molar-refractivity contribution >= 4 is 226 Å². The summed E-state index contributed by atoms with van der Waals surface area (Å²) in [5, 5.41) is 22.4. The number of hydrogen-bond acceptors (Lipinski definition) is 6. The molecule has 0 spiro atoms. The normalized spacial score (nSPS) is 12.1. The van der Waals surface area contributed by atoms with Gasteiger partial charge in [-0.15, -0.1) is 34.0 Å². The largest absolute Gasteiger partial charge is 0.454 e. The first-order valence-corrected chi connectivity index (χ1v) is 42.0. The summed E-state index contributed by atoms with van der Waals surface area (Å²) in [6.45, 7) is 0. The number of rotatable bonds is 6. The van der Waals surface area contributed by atoms with E-state index in [0.717, 1.165) is 122 Å². The van der Waals surface area contributed by atoms with Crippen LogP contribution in [0.15, 0.2) is 395 Å². The minimum Gasteiger partial charge on any atom is -0.454 e. The van der Waals surface area contributed by atoms with E-state index in [-0.39, 0.29) is 0 Å². The van der Waals surface area contributed by atoms with Gasteiger partial charge in [0.15, 0.2) is 16.7 Å². The zero-order chi connectivity index (χ0) is 76.5. The number of furan rings is 3. The predicted molar refractivity (Wildman–Crippen MR) is 499 cm³/mol. The second kappa shape index (κ2) is 26.0. The maximum atomic E-state index is 6.76. The SMILES string of the molecule is c1ccc(-n2c3ccccc3c3oc4c(-c5ccc6c(c5)sc5cc7ccccc7cc56)cccc4c32)cc1.c1ccc(-n2c3ccccc3c3oc4cc(-c5ccc6c(c5)sc5cc7ccccc7cc56)ccc4c32)cc1.c1ccc(-n2c3ccccc3c3oc4ccc(-c5ccc6c(c5)sc5cc7ccccc7cc56)cc4c32)cc1. The fraction of sp³-hybridized carbons (Fsp3) is 0. The molecule has 27 rings (SSSR count). The van der Waals surface area contributed by atoms with Crippen molar-refractivity contribution in [3.05, 3.63) is 382 Å². The van der Waals surface area contributed by atoms with Crippen molar-refractivity contribution in [2.45, 2.75) is 0 Å².